The molecule has 1 aromatic carbocycles. The molecule has 2 rings (SSSR count). The highest BCUT2D eigenvalue weighted by atomic mass is 79.9. The minimum atomic E-state index is -0.962. The number of carboxylic acid groups (broad SMARTS) is 1. The van der Waals surface area contributed by atoms with E-state index < -0.39 is 17.7 Å². The van der Waals surface area contributed by atoms with Crippen LogP contribution in [-0.2, 0) is 11.2 Å². The summed E-state index contributed by atoms with van der Waals surface area (Å²) in [6.07, 6.45) is 0.0956. The molecular formula is C12H12BrFO4. The Kier molecular flexibility index (Phi) is 3.75. The first kappa shape index (κ1) is 13.1. The molecule has 0 amide bonds. The maximum Gasteiger partial charge on any atom is 0.306 e. The van der Waals surface area contributed by atoms with Gasteiger partial charge in [0.15, 0.2) is 17.3 Å². The Morgan fingerprint density at radius 2 is 2.22 bits per heavy atom. The number of carbonyl (C=O) groups is 1. The molecule has 0 radical (unpaired) electrons. The van der Waals surface area contributed by atoms with Gasteiger partial charge in [0.05, 0.1) is 5.92 Å². The average Bonchev–Trinajstić information content (AvgIpc) is 2.34. The fourth-order valence-corrected chi connectivity index (χ4v) is 2.28. The molecule has 1 aliphatic heterocycles. The maximum absolute atomic E-state index is 14.2. The van der Waals surface area contributed by atoms with Crippen LogP contribution in [0.15, 0.2) is 10.5 Å². The average molecular weight is 319 g/mol. The van der Waals surface area contributed by atoms with E-state index in [-0.39, 0.29) is 12.2 Å². The lowest BCUT2D eigenvalue weighted by molar-refractivity contribution is -0.141. The molecule has 98 valence electrons. The summed E-state index contributed by atoms with van der Waals surface area (Å²) in [7, 11) is 0. The van der Waals surface area contributed by atoms with Crippen LogP contribution in [0.1, 0.15) is 12.5 Å². The van der Waals surface area contributed by atoms with E-state index in [2.05, 4.69) is 15.9 Å². The summed E-state index contributed by atoms with van der Waals surface area (Å²) in [5.74, 6) is -1.77. The third kappa shape index (κ3) is 2.43. The van der Waals surface area contributed by atoms with Crippen molar-refractivity contribution in [1.82, 2.24) is 0 Å². The van der Waals surface area contributed by atoms with Crippen molar-refractivity contribution in [3.8, 4) is 11.5 Å². The third-order valence-corrected chi connectivity index (χ3v) is 3.46. The number of fused-ring (bicyclic) bond motifs is 1. The Morgan fingerprint density at radius 3 is 2.89 bits per heavy atom. The van der Waals surface area contributed by atoms with Crippen LogP contribution in [0.2, 0.25) is 0 Å². The second-order valence-corrected chi connectivity index (χ2v) is 4.97. The summed E-state index contributed by atoms with van der Waals surface area (Å²) < 4.78 is 25.2. The Balaban J connectivity index is 2.38. The summed E-state index contributed by atoms with van der Waals surface area (Å²) in [4.78, 5) is 10.8. The van der Waals surface area contributed by atoms with Crippen molar-refractivity contribution >= 4 is 21.9 Å². The molecule has 1 aliphatic rings. The zero-order valence-corrected chi connectivity index (χ0v) is 11.3. The highest BCUT2D eigenvalue weighted by Gasteiger charge is 2.24. The van der Waals surface area contributed by atoms with Crippen LogP contribution < -0.4 is 9.47 Å². The van der Waals surface area contributed by atoms with Gasteiger partial charge in [-0.25, -0.2) is 4.39 Å². The lowest BCUT2D eigenvalue weighted by atomic mass is 10.00. The summed E-state index contributed by atoms with van der Waals surface area (Å²) in [5.41, 5.74) is 0.300. The molecule has 0 spiro atoms. The van der Waals surface area contributed by atoms with Crippen LogP contribution in [0.25, 0.3) is 0 Å². The Bertz CT molecular complexity index is 489. The van der Waals surface area contributed by atoms with Crippen molar-refractivity contribution in [2.24, 2.45) is 5.92 Å². The number of halogens is 2. The fraction of sp³-hybridized carbons (Fsp3) is 0.417. The zero-order chi connectivity index (χ0) is 13.3. The Hall–Kier alpha value is -1.30. The smallest absolute Gasteiger partial charge is 0.306 e. The van der Waals surface area contributed by atoms with Crippen LogP contribution in [0.3, 0.4) is 0 Å². The Labute approximate surface area is 112 Å². The number of rotatable bonds is 3. The molecule has 1 atom stereocenters. The van der Waals surface area contributed by atoms with Gasteiger partial charge in [-0.1, -0.05) is 22.9 Å². The largest absolute Gasteiger partial charge is 0.486 e. The van der Waals surface area contributed by atoms with E-state index in [1.54, 1.807) is 6.07 Å². The van der Waals surface area contributed by atoms with E-state index in [1.165, 1.54) is 6.92 Å². The van der Waals surface area contributed by atoms with Crippen LogP contribution in [0, 0.1) is 11.7 Å². The molecule has 1 heterocycles. The molecule has 0 aliphatic carbocycles. The molecule has 4 nitrogen and oxygen atoms in total. The van der Waals surface area contributed by atoms with E-state index in [0.717, 1.165) is 0 Å². The van der Waals surface area contributed by atoms with Crippen LogP contribution in [-0.4, -0.2) is 24.3 Å². The van der Waals surface area contributed by atoms with E-state index in [0.29, 0.717) is 29.0 Å². The van der Waals surface area contributed by atoms with Crippen molar-refractivity contribution in [3.05, 3.63) is 21.9 Å². The van der Waals surface area contributed by atoms with Crippen molar-refractivity contribution < 1.29 is 23.8 Å². The van der Waals surface area contributed by atoms with Gasteiger partial charge in [0.25, 0.3) is 0 Å². The van der Waals surface area contributed by atoms with Crippen molar-refractivity contribution in [3.63, 3.8) is 0 Å². The molecule has 1 N–H and O–H groups in total. The molecule has 0 aromatic heterocycles. The number of hydrogen-bond donors (Lipinski definition) is 1. The standard InChI is InChI=1S/C12H12BrFO4/c1-6(12(15)16)4-7-8(13)5-9-11(10(7)14)18-3-2-17-9/h5-6H,2-4H2,1H3,(H,15,16). The first-order valence-corrected chi connectivity index (χ1v) is 6.29. The van der Waals surface area contributed by atoms with Crippen molar-refractivity contribution in [2.45, 2.75) is 13.3 Å². The van der Waals surface area contributed by atoms with Crippen molar-refractivity contribution in [2.75, 3.05) is 13.2 Å². The maximum atomic E-state index is 14.2. The van der Waals surface area contributed by atoms with E-state index in [4.69, 9.17) is 14.6 Å². The fourth-order valence-electron chi connectivity index (χ4n) is 1.74. The van der Waals surface area contributed by atoms with E-state index in [9.17, 15) is 9.18 Å². The zero-order valence-electron chi connectivity index (χ0n) is 9.70. The van der Waals surface area contributed by atoms with Crippen LogP contribution in [0.4, 0.5) is 4.39 Å². The molecule has 6 heteroatoms. The normalized spacial score (nSPS) is 15.3. The minimum Gasteiger partial charge on any atom is -0.486 e. The molecule has 0 bridgehead atoms. The SMILES string of the molecule is CC(Cc1c(Br)cc2c(c1F)OCCO2)C(=O)O. The summed E-state index contributed by atoms with van der Waals surface area (Å²) >= 11 is 3.24. The van der Waals surface area contributed by atoms with Gasteiger partial charge < -0.3 is 14.6 Å². The van der Waals surface area contributed by atoms with E-state index in [1.807, 2.05) is 0 Å². The first-order chi connectivity index (χ1) is 8.50. The second-order valence-electron chi connectivity index (χ2n) is 4.12. The van der Waals surface area contributed by atoms with Gasteiger partial charge in [-0.3, -0.25) is 4.79 Å². The van der Waals surface area contributed by atoms with Gasteiger partial charge in [-0.15, -0.1) is 0 Å². The highest BCUT2D eigenvalue weighted by molar-refractivity contribution is 9.10. The topological polar surface area (TPSA) is 55.8 Å². The molecule has 1 unspecified atom stereocenters. The predicted octanol–water partition coefficient (Wildman–Crippen LogP) is 2.62. The molecule has 0 saturated heterocycles. The number of ether oxygens (including phenoxy) is 2. The number of carboxylic acids is 1. The van der Waals surface area contributed by atoms with Crippen molar-refractivity contribution in [1.29, 1.82) is 0 Å². The molecular weight excluding hydrogens is 307 g/mol. The predicted molar refractivity (Wildman–Crippen MR) is 65.6 cm³/mol. The van der Waals surface area contributed by atoms with Gasteiger partial charge >= 0.3 is 5.97 Å². The Morgan fingerprint density at radius 1 is 1.56 bits per heavy atom. The second kappa shape index (κ2) is 5.14. The number of benzene rings is 1. The van der Waals surface area contributed by atoms with Gasteiger partial charge in [0.1, 0.15) is 13.2 Å². The van der Waals surface area contributed by atoms with Gasteiger partial charge in [0, 0.05) is 10.0 Å². The number of hydrogen-bond acceptors (Lipinski definition) is 3. The molecule has 0 fully saturated rings. The summed E-state index contributed by atoms with van der Waals surface area (Å²) in [6.45, 7) is 2.20. The minimum absolute atomic E-state index is 0.0667. The third-order valence-electron chi connectivity index (χ3n) is 2.75. The molecule has 1 aromatic rings. The lowest BCUT2D eigenvalue weighted by Gasteiger charge is -2.21. The van der Waals surface area contributed by atoms with Crippen LogP contribution in [0.5, 0.6) is 11.5 Å². The van der Waals surface area contributed by atoms with Gasteiger partial charge in [-0.05, 0) is 12.5 Å². The number of aliphatic carboxylic acids is 1. The summed E-state index contributed by atoms with van der Waals surface area (Å²) in [6, 6.07) is 1.61. The quantitative estimate of drug-likeness (QED) is 0.930. The van der Waals surface area contributed by atoms with E-state index >= 15 is 0 Å². The van der Waals surface area contributed by atoms with Crippen LogP contribution >= 0.6 is 15.9 Å². The summed E-state index contributed by atoms with van der Waals surface area (Å²) in [5, 5.41) is 8.87. The molecule has 18 heavy (non-hydrogen) atoms. The monoisotopic (exact) mass is 318 g/mol. The van der Waals surface area contributed by atoms with Gasteiger partial charge in [0.2, 0.25) is 0 Å². The lowest BCUT2D eigenvalue weighted by Crippen LogP contribution is -2.18. The van der Waals surface area contributed by atoms with Gasteiger partial charge in [-0.2, -0.15) is 0 Å². The highest BCUT2D eigenvalue weighted by Crippen LogP contribution is 2.39. The first-order valence-electron chi connectivity index (χ1n) is 5.50. The molecule has 0 saturated carbocycles.